The number of hydrogen-bond donors (Lipinski definition) is 4. The van der Waals surface area contributed by atoms with Crippen molar-refractivity contribution in [3.63, 3.8) is 0 Å². The van der Waals surface area contributed by atoms with Gasteiger partial charge in [-0.05, 0) is 46.3 Å². The molecule has 4 aromatic heterocycles. The molecule has 0 spiro atoms. The molecule has 0 bridgehead atoms. The van der Waals surface area contributed by atoms with E-state index in [0.29, 0.717) is 22.1 Å². The Labute approximate surface area is 278 Å². The molecule has 8 rings (SSSR count). The van der Waals surface area contributed by atoms with E-state index in [9.17, 15) is 20.4 Å². The summed E-state index contributed by atoms with van der Waals surface area (Å²) in [4.78, 5) is 15.6. The van der Waals surface area contributed by atoms with Crippen molar-refractivity contribution >= 4 is 43.6 Å². The number of aromatic nitrogens is 4. The molecular formula is C36H24N4O4Zr. The number of benzene rings is 4. The number of aromatic hydroxyl groups is 4. The summed E-state index contributed by atoms with van der Waals surface area (Å²) in [6, 6.07) is 35.6. The first kappa shape index (κ1) is 32.5. The van der Waals surface area contributed by atoms with Gasteiger partial charge in [0.1, 0.15) is 0 Å². The number of fused-ring (bicyclic) bond motifs is 4. The van der Waals surface area contributed by atoms with E-state index in [0.717, 1.165) is 21.5 Å². The van der Waals surface area contributed by atoms with Crippen LogP contribution in [-0.2, 0) is 26.2 Å². The Morgan fingerprint density at radius 3 is 0.756 bits per heavy atom. The first-order chi connectivity index (χ1) is 21.5. The zero-order valence-electron chi connectivity index (χ0n) is 23.6. The van der Waals surface area contributed by atoms with E-state index >= 15 is 0 Å². The molecule has 0 amide bonds. The van der Waals surface area contributed by atoms with E-state index in [1.807, 2.05) is 48.5 Å². The van der Waals surface area contributed by atoms with Gasteiger partial charge in [-0.1, -0.05) is 73.3 Å². The Bertz CT molecular complexity index is 1830. The SMILES string of the molecule is Oc1cccc2cc[c-]nc12.Oc1cccc2cc[c-]nc12.Oc1cccc2cc[c-]nc12.Oc1cccc2cc[c-]nc12.[Zr+4]. The summed E-state index contributed by atoms with van der Waals surface area (Å²) in [5.41, 5.74) is 2.43. The summed E-state index contributed by atoms with van der Waals surface area (Å²) < 4.78 is 0. The van der Waals surface area contributed by atoms with Crippen LogP contribution >= 0.6 is 0 Å². The number of rotatable bonds is 0. The zero-order chi connectivity index (χ0) is 30.7. The largest absolute Gasteiger partial charge is 4.00 e. The topological polar surface area (TPSA) is 132 Å². The van der Waals surface area contributed by atoms with Gasteiger partial charge in [0.25, 0.3) is 0 Å². The predicted octanol–water partition coefficient (Wildman–Crippen LogP) is 6.96. The second-order valence-corrected chi connectivity index (χ2v) is 9.16. The summed E-state index contributed by atoms with van der Waals surface area (Å²) in [6.07, 6.45) is 10.7. The molecule has 0 fully saturated rings. The fraction of sp³-hybridized carbons (Fsp3) is 0. The minimum absolute atomic E-state index is 0. The smallest absolute Gasteiger partial charge is 0.519 e. The molecule has 8 nitrogen and oxygen atoms in total. The maximum Gasteiger partial charge on any atom is 4.00 e. The first-order valence-electron chi connectivity index (χ1n) is 13.3. The maximum absolute atomic E-state index is 9.29. The van der Waals surface area contributed by atoms with E-state index in [-0.39, 0.29) is 49.2 Å². The Hall–Kier alpha value is -5.40. The second kappa shape index (κ2) is 15.9. The van der Waals surface area contributed by atoms with Crippen molar-refractivity contribution in [1.82, 2.24) is 19.9 Å². The van der Waals surface area contributed by atoms with Gasteiger partial charge in [0.2, 0.25) is 0 Å². The van der Waals surface area contributed by atoms with Crippen LogP contribution in [0.1, 0.15) is 0 Å². The molecule has 0 atom stereocenters. The van der Waals surface area contributed by atoms with Crippen molar-refractivity contribution in [2.45, 2.75) is 0 Å². The molecule has 0 saturated heterocycles. The number of pyridine rings is 4. The number of nitrogens with zero attached hydrogens (tertiary/aromatic N) is 4. The Morgan fingerprint density at radius 1 is 0.333 bits per heavy atom. The van der Waals surface area contributed by atoms with E-state index in [2.05, 4.69) is 44.7 Å². The second-order valence-electron chi connectivity index (χ2n) is 9.16. The van der Waals surface area contributed by atoms with Crippen molar-refractivity contribution in [2.75, 3.05) is 0 Å². The zero-order valence-corrected chi connectivity index (χ0v) is 26.1. The number of phenolic OH excluding ortho intramolecular Hbond substituents is 4. The van der Waals surface area contributed by atoms with Crippen molar-refractivity contribution in [3.8, 4) is 23.0 Å². The molecule has 0 unspecified atom stereocenters. The molecule has 8 aromatic rings. The molecule has 4 heterocycles. The van der Waals surface area contributed by atoms with Crippen LogP contribution in [0.25, 0.3) is 43.6 Å². The fourth-order valence-electron chi connectivity index (χ4n) is 4.14. The summed E-state index contributed by atoms with van der Waals surface area (Å²) in [5.74, 6) is 0.831. The summed E-state index contributed by atoms with van der Waals surface area (Å²) in [6.45, 7) is 0. The summed E-state index contributed by atoms with van der Waals surface area (Å²) in [7, 11) is 0. The van der Waals surface area contributed by atoms with Crippen LogP contribution in [0.15, 0.2) is 121 Å². The summed E-state index contributed by atoms with van der Waals surface area (Å²) in [5, 5.41) is 40.9. The van der Waals surface area contributed by atoms with Gasteiger partial charge in [-0.2, -0.15) is 48.5 Å². The molecule has 0 aliphatic carbocycles. The summed E-state index contributed by atoms with van der Waals surface area (Å²) >= 11 is 0. The Kier molecular flexibility index (Phi) is 11.5. The monoisotopic (exact) mass is 666 g/mol. The number of para-hydroxylation sites is 4. The van der Waals surface area contributed by atoms with Gasteiger partial charge in [-0.15, -0.1) is 21.5 Å². The van der Waals surface area contributed by atoms with E-state index in [1.54, 1.807) is 72.8 Å². The molecule has 0 radical (unpaired) electrons. The Morgan fingerprint density at radius 2 is 0.556 bits per heavy atom. The maximum atomic E-state index is 9.29. The molecule has 4 aromatic carbocycles. The standard InChI is InChI=1S/4C9H6NO.Zr/c4*11-8-5-1-3-7-4-2-6-10-9(7)8;/h4*1-5,11H;/q4*-1;+4. The molecular weight excluding hydrogens is 644 g/mol. The van der Waals surface area contributed by atoms with Crippen LogP contribution in [0.4, 0.5) is 0 Å². The molecule has 45 heavy (non-hydrogen) atoms. The minimum atomic E-state index is 0. The Balaban J connectivity index is 0.000000136. The van der Waals surface area contributed by atoms with Gasteiger partial charge in [-0.25, -0.2) is 0 Å². The molecule has 9 heteroatoms. The third kappa shape index (κ3) is 8.37. The van der Waals surface area contributed by atoms with Crippen molar-refractivity contribution in [1.29, 1.82) is 0 Å². The van der Waals surface area contributed by atoms with Crippen LogP contribution < -0.4 is 0 Å². The van der Waals surface area contributed by atoms with Gasteiger partial charge >= 0.3 is 26.2 Å². The van der Waals surface area contributed by atoms with E-state index in [1.165, 1.54) is 0 Å². The molecule has 0 aliphatic rings. The van der Waals surface area contributed by atoms with Crippen LogP contribution in [0, 0.1) is 24.8 Å². The predicted molar refractivity (Wildman–Crippen MR) is 169 cm³/mol. The third-order valence-electron chi connectivity index (χ3n) is 6.24. The normalized spacial score (nSPS) is 9.96. The molecule has 0 saturated carbocycles. The number of phenols is 4. The fourth-order valence-corrected chi connectivity index (χ4v) is 4.14. The van der Waals surface area contributed by atoms with Crippen molar-refractivity contribution in [3.05, 3.63) is 146 Å². The average Bonchev–Trinajstić information content (AvgIpc) is 3.07. The van der Waals surface area contributed by atoms with Gasteiger partial charge in [-0.3, -0.25) is 0 Å². The van der Waals surface area contributed by atoms with Gasteiger partial charge in [0, 0.05) is 0 Å². The molecule has 0 aliphatic heterocycles. The minimum Gasteiger partial charge on any atom is -0.519 e. The molecule has 216 valence electrons. The first-order valence-corrected chi connectivity index (χ1v) is 13.3. The molecule has 4 N–H and O–H groups in total. The van der Waals surface area contributed by atoms with Crippen LogP contribution in [0.5, 0.6) is 23.0 Å². The van der Waals surface area contributed by atoms with Crippen molar-refractivity contribution in [2.24, 2.45) is 0 Å². The van der Waals surface area contributed by atoms with E-state index < -0.39 is 0 Å². The van der Waals surface area contributed by atoms with Crippen LogP contribution in [0.2, 0.25) is 0 Å². The van der Waals surface area contributed by atoms with Gasteiger partial charge < -0.3 is 40.4 Å². The van der Waals surface area contributed by atoms with Crippen LogP contribution in [0.3, 0.4) is 0 Å². The van der Waals surface area contributed by atoms with Gasteiger partial charge in [0.05, 0.1) is 23.0 Å². The third-order valence-corrected chi connectivity index (χ3v) is 6.24. The quantitative estimate of drug-likeness (QED) is 0.128. The average molecular weight is 668 g/mol. The van der Waals surface area contributed by atoms with Crippen molar-refractivity contribution < 1.29 is 46.6 Å². The van der Waals surface area contributed by atoms with E-state index in [4.69, 9.17) is 0 Å². The number of hydrogen-bond acceptors (Lipinski definition) is 8. The van der Waals surface area contributed by atoms with Crippen LogP contribution in [-0.4, -0.2) is 40.4 Å². The van der Waals surface area contributed by atoms with Gasteiger partial charge in [0.15, 0.2) is 0 Å².